The van der Waals surface area contributed by atoms with Crippen LogP contribution in [0.2, 0.25) is 0 Å². The van der Waals surface area contributed by atoms with Crippen LogP contribution in [-0.2, 0) is 6.42 Å². The van der Waals surface area contributed by atoms with Gasteiger partial charge in [-0.3, -0.25) is 5.10 Å². The van der Waals surface area contributed by atoms with E-state index in [9.17, 15) is 0 Å². The zero-order valence-corrected chi connectivity index (χ0v) is 16.4. The van der Waals surface area contributed by atoms with Crippen molar-refractivity contribution in [1.29, 1.82) is 0 Å². The lowest BCUT2D eigenvalue weighted by Gasteiger charge is -2.04. The predicted octanol–water partition coefficient (Wildman–Crippen LogP) is 6.00. The van der Waals surface area contributed by atoms with E-state index in [1.54, 1.807) is 7.11 Å². The summed E-state index contributed by atoms with van der Waals surface area (Å²) in [6.45, 7) is 4.33. The van der Waals surface area contributed by atoms with Crippen molar-refractivity contribution in [2.45, 2.75) is 20.3 Å². The Labute approximate surface area is 162 Å². The molecule has 0 amide bonds. The topological polar surface area (TPSA) is 37.9 Å². The Bertz CT molecular complexity index is 1150. The van der Waals surface area contributed by atoms with E-state index < -0.39 is 0 Å². The third-order valence-corrected chi connectivity index (χ3v) is 6.62. The molecule has 134 valence electrons. The molecule has 4 heteroatoms. The number of hydrogen-bond donors (Lipinski definition) is 1. The van der Waals surface area contributed by atoms with Gasteiger partial charge in [0.25, 0.3) is 0 Å². The van der Waals surface area contributed by atoms with E-state index >= 15 is 0 Å². The fourth-order valence-electron chi connectivity index (χ4n) is 3.72. The average Bonchev–Trinajstić information content (AvgIpc) is 3.35. The molecule has 0 aliphatic heterocycles. The van der Waals surface area contributed by atoms with Gasteiger partial charge in [0.05, 0.1) is 18.5 Å². The Morgan fingerprint density at radius 1 is 0.963 bits per heavy atom. The monoisotopic (exact) mass is 372 g/mol. The molecule has 1 aliphatic carbocycles. The van der Waals surface area contributed by atoms with E-state index in [1.807, 2.05) is 23.5 Å². The highest BCUT2D eigenvalue weighted by atomic mass is 32.1. The summed E-state index contributed by atoms with van der Waals surface area (Å²) >= 11 is 1.89. The summed E-state index contributed by atoms with van der Waals surface area (Å²) in [6, 6.07) is 17.1. The molecule has 0 saturated heterocycles. The van der Waals surface area contributed by atoms with E-state index in [2.05, 4.69) is 60.4 Å². The molecule has 2 heterocycles. The van der Waals surface area contributed by atoms with Gasteiger partial charge in [-0.15, -0.1) is 11.3 Å². The number of benzene rings is 2. The molecule has 3 nitrogen and oxygen atoms in total. The minimum absolute atomic E-state index is 0.864. The number of aryl methyl sites for hydroxylation is 2. The van der Waals surface area contributed by atoms with Gasteiger partial charge in [0.15, 0.2) is 0 Å². The lowest BCUT2D eigenvalue weighted by Crippen LogP contribution is -1.86. The number of hydrogen-bond acceptors (Lipinski definition) is 3. The minimum atomic E-state index is 0.864. The van der Waals surface area contributed by atoms with Gasteiger partial charge < -0.3 is 4.74 Å². The SMILES string of the molecule is COc1ccc(-c2n[nH]c3c2Cc2sc(-c4ccc(C)c(C)c4)cc2-3)cc1. The second-order valence-electron chi connectivity index (χ2n) is 7.08. The van der Waals surface area contributed by atoms with E-state index in [1.165, 1.54) is 43.3 Å². The first-order chi connectivity index (χ1) is 13.1. The van der Waals surface area contributed by atoms with Crippen LogP contribution < -0.4 is 4.74 Å². The van der Waals surface area contributed by atoms with E-state index in [-0.39, 0.29) is 0 Å². The summed E-state index contributed by atoms with van der Waals surface area (Å²) in [5.74, 6) is 0.864. The van der Waals surface area contributed by atoms with Crippen LogP contribution in [0, 0.1) is 13.8 Å². The van der Waals surface area contributed by atoms with Gasteiger partial charge in [-0.2, -0.15) is 5.10 Å². The highest BCUT2D eigenvalue weighted by Gasteiger charge is 2.27. The zero-order chi connectivity index (χ0) is 18.5. The van der Waals surface area contributed by atoms with Crippen molar-refractivity contribution in [3.8, 4) is 38.7 Å². The summed E-state index contributed by atoms with van der Waals surface area (Å²) in [6.07, 6.45) is 0.942. The Morgan fingerprint density at radius 3 is 2.48 bits per heavy atom. The molecule has 2 aromatic heterocycles. The minimum Gasteiger partial charge on any atom is -0.497 e. The largest absolute Gasteiger partial charge is 0.497 e. The van der Waals surface area contributed by atoms with Crippen LogP contribution in [0.25, 0.3) is 33.0 Å². The molecule has 0 bridgehead atoms. The van der Waals surface area contributed by atoms with Crippen molar-refractivity contribution < 1.29 is 4.74 Å². The van der Waals surface area contributed by atoms with Crippen molar-refractivity contribution in [3.05, 3.63) is 70.1 Å². The van der Waals surface area contributed by atoms with Gasteiger partial charge in [0.1, 0.15) is 5.75 Å². The molecular formula is C23H20N2OS. The van der Waals surface area contributed by atoms with Crippen molar-refractivity contribution >= 4 is 11.3 Å². The molecule has 0 spiro atoms. The third-order valence-electron chi connectivity index (χ3n) is 5.44. The molecule has 0 atom stereocenters. The van der Waals surface area contributed by atoms with Crippen LogP contribution in [0.15, 0.2) is 48.5 Å². The average molecular weight is 372 g/mol. The maximum absolute atomic E-state index is 5.26. The number of nitrogens with zero attached hydrogens (tertiary/aromatic N) is 1. The second-order valence-corrected chi connectivity index (χ2v) is 8.21. The highest BCUT2D eigenvalue weighted by molar-refractivity contribution is 7.16. The van der Waals surface area contributed by atoms with Gasteiger partial charge in [-0.1, -0.05) is 18.2 Å². The van der Waals surface area contributed by atoms with Crippen molar-refractivity contribution in [1.82, 2.24) is 10.2 Å². The number of ether oxygens (including phenoxy) is 1. The summed E-state index contributed by atoms with van der Waals surface area (Å²) in [5.41, 5.74) is 9.91. The summed E-state index contributed by atoms with van der Waals surface area (Å²) in [4.78, 5) is 2.75. The number of methoxy groups -OCH3 is 1. The molecular weight excluding hydrogens is 352 g/mol. The Balaban J connectivity index is 1.52. The fourth-order valence-corrected chi connectivity index (χ4v) is 4.89. The van der Waals surface area contributed by atoms with Crippen LogP contribution in [0.4, 0.5) is 0 Å². The highest BCUT2D eigenvalue weighted by Crippen LogP contribution is 2.46. The van der Waals surface area contributed by atoms with Crippen LogP contribution in [-0.4, -0.2) is 17.3 Å². The Hall–Kier alpha value is -2.85. The molecule has 0 unspecified atom stereocenters. The molecule has 4 aromatic rings. The number of H-pyrrole nitrogens is 1. The Kier molecular flexibility index (Phi) is 3.69. The van der Waals surface area contributed by atoms with Gasteiger partial charge in [0.2, 0.25) is 0 Å². The molecule has 1 N–H and O–H groups in total. The number of thiophene rings is 1. The van der Waals surface area contributed by atoms with Gasteiger partial charge in [-0.05, 0) is 60.9 Å². The van der Waals surface area contributed by atoms with Crippen LogP contribution >= 0.6 is 11.3 Å². The van der Waals surface area contributed by atoms with E-state index in [0.717, 1.165) is 23.4 Å². The zero-order valence-electron chi connectivity index (χ0n) is 15.6. The quantitative estimate of drug-likeness (QED) is 0.422. The van der Waals surface area contributed by atoms with Gasteiger partial charge >= 0.3 is 0 Å². The maximum atomic E-state index is 5.26. The summed E-state index contributed by atoms with van der Waals surface area (Å²) < 4.78 is 5.26. The number of nitrogens with one attached hydrogen (secondary N) is 1. The third kappa shape index (κ3) is 2.60. The number of aromatic nitrogens is 2. The first-order valence-corrected chi connectivity index (χ1v) is 9.88. The normalized spacial score (nSPS) is 12.1. The number of rotatable bonds is 3. The fraction of sp³-hybridized carbons (Fsp3) is 0.174. The molecule has 5 rings (SSSR count). The maximum Gasteiger partial charge on any atom is 0.118 e. The van der Waals surface area contributed by atoms with E-state index in [4.69, 9.17) is 4.74 Å². The van der Waals surface area contributed by atoms with Gasteiger partial charge in [0, 0.05) is 32.9 Å². The van der Waals surface area contributed by atoms with Crippen molar-refractivity contribution in [2.24, 2.45) is 0 Å². The molecule has 0 radical (unpaired) electrons. The molecule has 2 aromatic carbocycles. The molecule has 1 aliphatic rings. The first kappa shape index (κ1) is 16.3. The van der Waals surface area contributed by atoms with E-state index in [0.29, 0.717) is 0 Å². The lowest BCUT2D eigenvalue weighted by atomic mass is 10.0. The molecule has 27 heavy (non-hydrogen) atoms. The Morgan fingerprint density at radius 2 is 1.74 bits per heavy atom. The predicted molar refractivity (Wildman–Crippen MR) is 112 cm³/mol. The molecule has 0 saturated carbocycles. The molecule has 0 fully saturated rings. The summed E-state index contributed by atoms with van der Waals surface area (Å²) in [7, 11) is 1.69. The lowest BCUT2D eigenvalue weighted by molar-refractivity contribution is 0.415. The number of aromatic amines is 1. The second kappa shape index (κ2) is 6.10. The van der Waals surface area contributed by atoms with Gasteiger partial charge in [-0.25, -0.2) is 0 Å². The van der Waals surface area contributed by atoms with Crippen LogP contribution in [0.3, 0.4) is 0 Å². The van der Waals surface area contributed by atoms with Crippen LogP contribution in [0.1, 0.15) is 21.6 Å². The standard InChI is InChI=1S/C23H20N2OS/c1-13-4-5-16(10-14(13)2)20-11-18-21(27-20)12-19-22(24-25-23(18)19)15-6-8-17(26-3)9-7-15/h4-11H,12H2,1-3H3,(H,24,25). The first-order valence-electron chi connectivity index (χ1n) is 9.06. The van der Waals surface area contributed by atoms with Crippen molar-refractivity contribution in [2.75, 3.05) is 7.11 Å². The number of fused-ring (bicyclic) bond motifs is 3. The van der Waals surface area contributed by atoms with Crippen molar-refractivity contribution in [3.63, 3.8) is 0 Å². The summed E-state index contributed by atoms with van der Waals surface area (Å²) in [5, 5.41) is 7.89. The smallest absolute Gasteiger partial charge is 0.118 e. The van der Waals surface area contributed by atoms with Crippen LogP contribution in [0.5, 0.6) is 5.75 Å².